The minimum absolute atomic E-state index is 0.341. The van der Waals surface area contributed by atoms with Gasteiger partial charge in [0.25, 0.3) is 0 Å². The van der Waals surface area contributed by atoms with E-state index in [9.17, 15) is 9.90 Å². The summed E-state index contributed by atoms with van der Waals surface area (Å²) in [6.07, 6.45) is 0. The Morgan fingerprint density at radius 3 is 2.56 bits per heavy atom. The van der Waals surface area contributed by atoms with Crippen molar-refractivity contribution in [2.24, 2.45) is 5.92 Å². The van der Waals surface area contributed by atoms with Crippen LogP contribution in [0, 0.1) is 5.92 Å². The molecule has 3 nitrogen and oxygen atoms in total. The van der Waals surface area contributed by atoms with E-state index < -0.39 is 5.97 Å². The molecule has 1 aromatic carbocycles. The Morgan fingerprint density at radius 2 is 2.06 bits per heavy atom. The maximum absolute atomic E-state index is 11.2. The molecule has 1 aliphatic rings. The monoisotopic (exact) mass is 347 g/mol. The molecule has 5 heteroatoms. The Balaban J connectivity index is 2.45. The first-order valence-corrected chi connectivity index (χ1v) is 6.55. The first-order chi connectivity index (χ1) is 7.49. The van der Waals surface area contributed by atoms with E-state index in [4.69, 9.17) is 0 Å². The van der Waals surface area contributed by atoms with E-state index in [0.717, 1.165) is 27.7 Å². The van der Waals surface area contributed by atoms with Crippen LogP contribution >= 0.6 is 31.9 Å². The summed E-state index contributed by atoms with van der Waals surface area (Å²) in [6.45, 7) is 3.99. The highest BCUT2D eigenvalue weighted by atomic mass is 79.9. The van der Waals surface area contributed by atoms with Crippen LogP contribution in [0.1, 0.15) is 17.3 Å². The van der Waals surface area contributed by atoms with Crippen LogP contribution in [0.4, 0.5) is 5.69 Å². The molecule has 2 rings (SSSR count). The summed E-state index contributed by atoms with van der Waals surface area (Å²) in [5, 5.41) is 9.18. The largest absolute Gasteiger partial charge is 0.478 e. The summed E-state index contributed by atoms with van der Waals surface area (Å²) in [7, 11) is 0. The van der Waals surface area contributed by atoms with Crippen LogP contribution in [0.25, 0.3) is 0 Å². The molecule has 86 valence electrons. The Bertz CT molecular complexity index is 442. The lowest BCUT2D eigenvalue weighted by Gasteiger charge is -2.40. The fourth-order valence-electron chi connectivity index (χ4n) is 1.93. The molecule has 0 radical (unpaired) electrons. The van der Waals surface area contributed by atoms with Gasteiger partial charge in [0, 0.05) is 22.0 Å². The van der Waals surface area contributed by atoms with Crippen LogP contribution in [0.3, 0.4) is 0 Å². The van der Waals surface area contributed by atoms with Gasteiger partial charge in [0.05, 0.1) is 11.3 Å². The first kappa shape index (κ1) is 11.9. The molecule has 1 heterocycles. The third kappa shape index (κ3) is 2.11. The summed E-state index contributed by atoms with van der Waals surface area (Å²) >= 11 is 6.73. The zero-order valence-electron chi connectivity index (χ0n) is 8.70. The highest BCUT2D eigenvalue weighted by Gasteiger charge is 2.28. The van der Waals surface area contributed by atoms with E-state index in [2.05, 4.69) is 43.7 Å². The molecule has 1 aliphatic heterocycles. The molecule has 0 amide bonds. The van der Waals surface area contributed by atoms with Crippen molar-refractivity contribution in [3.8, 4) is 0 Å². The number of carboxylic acid groups (broad SMARTS) is 1. The van der Waals surface area contributed by atoms with Gasteiger partial charge in [-0.2, -0.15) is 0 Å². The van der Waals surface area contributed by atoms with Crippen molar-refractivity contribution in [2.45, 2.75) is 6.92 Å². The smallest absolute Gasteiger partial charge is 0.337 e. The molecule has 1 saturated heterocycles. The number of anilines is 1. The SMILES string of the molecule is CC1CN(c2c(Br)cc(Br)cc2C(=O)O)C1. The first-order valence-electron chi connectivity index (χ1n) is 4.96. The molecule has 1 N–H and O–H groups in total. The lowest BCUT2D eigenvalue weighted by molar-refractivity contribution is 0.0697. The summed E-state index contributed by atoms with van der Waals surface area (Å²) < 4.78 is 1.60. The quantitative estimate of drug-likeness (QED) is 0.890. The van der Waals surface area contributed by atoms with Crippen molar-refractivity contribution in [3.05, 3.63) is 26.6 Å². The average Bonchev–Trinajstić information content (AvgIpc) is 2.12. The van der Waals surface area contributed by atoms with Gasteiger partial charge in [0.2, 0.25) is 0 Å². The van der Waals surface area contributed by atoms with Gasteiger partial charge in [-0.05, 0) is 34.0 Å². The molecule has 0 saturated carbocycles. The molecular weight excluding hydrogens is 338 g/mol. The molecule has 0 unspecified atom stereocenters. The average molecular weight is 349 g/mol. The number of aromatic carboxylic acids is 1. The highest BCUT2D eigenvalue weighted by molar-refractivity contribution is 9.11. The highest BCUT2D eigenvalue weighted by Crippen LogP contribution is 2.37. The molecule has 0 bridgehead atoms. The van der Waals surface area contributed by atoms with Crippen molar-refractivity contribution in [1.82, 2.24) is 0 Å². The van der Waals surface area contributed by atoms with Crippen LogP contribution in [0.15, 0.2) is 21.1 Å². The lowest BCUT2D eigenvalue weighted by atomic mass is 10.00. The molecule has 0 aromatic heterocycles. The van der Waals surface area contributed by atoms with E-state index in [1.807, 2.05) is 6.07 Å². The van der Waals surface area contributed by atoms with Gasteiger partial charge in [-0.3, -0.25) is 0 Å². The van der Waals surface area contributed by atoms with Crippen molar-refractivity contribution in [3.63, 3.8) is 0 Å². The van der Waals surface area contributed by atoms with Crippen molar-refractivity contribution in [2.75, 3.05) is 18.0 Å². The fraction of sp³-hybridized carbons (Fsp3) is 0.364. The van der Waals surface area contributed by atoms with Gasteiger partial charge in [-0.25, -0.2) is 4.79 Å². The van der Waals surface area contributed by atoms with Gasteiger partial charge in [-0.1, -0.05) is 22.9 Å². The van der Waals surface area contributed by atoms with Crippen LogP contribution in [-0.2, 0) is 0 Å². The number of benzene rings is 1. The summed E-state index contributed by atoms with van der Waals surface area (Å²) in [6, 6.07) is 3.52. The number of carbonyl (C=O) groups is 1. The molecule has 16 heavy (non-hydrogen) atoms. The van der Waals surface area contributed by atoms with E-state index in [1.54, 1.807) is 6.07 Å². The second-order valence-corrected chi connectivity index (χ2v) is 5.87. The van der Waals surface area contributed by atoms with Crippen LogP contribution in [0.5, 0.6) is 0 Å². The van der Waals surface area contributed by atoms with E-state index in [-0.39, 0.29) is 0 Å². The predicted octanol–water partition coefficient (Wildman–Crippen LogP) is 3.37. The summed E-state index contributed by atoms with van der Waals surface area (Å²) in [5.74, 6) is -0.256. The molecular formula is C11H11Br2NO2. The Kier molecular flexibility index (Phi) is 3.26. The molecule has 1 aromatic rings. The zero-order chi connectivity index (χ0) is 11.9. The number of carboxylic acids is 1. The zero-order valence-corrected chi connectivity index (χ0v) is 11.9. The predicted molar refractivity (Wildman–Crippen MR) is 70.2 cm³/mol. The molecule has 0 spiro atoms. The van der Waals surface area contributed by atoms with Crippen molar-refractivity contribution in [1.29, 1.82) is 0 Å². The number of hydrogen-bond donors (Lipinski definition) is 1. The normalized spacial score (nSPS) is 16.1. The van der Waals surface area contributed by atoms with E-state index in [0.29, 0.717) is 11.5 Å². The molecule has 0 aliphatic carbocycles. The van der Waals surface area contributed by atoms with E-state index >= 15 is 0 Å². The standard InChI is InChI=1S/C11H11Br2NO2/c1-6-4-14(5-6)10-8(11(15)16)2-7(12)3-9(10)13/h2-3,6H,4-5H2,1H3,(H,15,16). The van der Waals surface area contributed by atoms with Gasteiger partial charge < -0.3 is 10.0 Å². The van der Waals surface area contributed by atoms with Crippen molar-refractivity contribution < 1.29 is 9.90 Å². The third-order valence-electron chi connectivity index (χ3n) is 2.64. The second-order valence-electron chi connectivity index (χ2n) is 4.10. The van der Waals surface area contributed by atoms with Crippen LogP contribution in [-0.4, -0.2) is 24.2 Å². The Labute approximate surface area is 111 Å². The summed E-state index contributed by atoms with van der Waals surface area (Å²) in [4.78, 5) is 13.3. The maximum Gasteiger partial charge on any atom is 0.337 e. The van der Waals surface area contributed by atoms with Gasteiger partial charge in [-0.15, -0.1) is 0 Å². The van der Waals surface area contributed by atoms with Crippen molar-refractivity contribution >= 4 is 43.5 Å². The second kappa shape index (κ2) is 4.37. The molecule has 1 fully saturated rings. The van der Waals surface area contributed by atoms with Gasteiger partial charge in [0.15, 0.2) is 0 Å². The minimum atomic E-state index is -0.892. The Morgan fingerprint density at radius 1 is 1.44 bits per heavy atom. The number of nitrogens with zero attached hydrogens (tertiary/aromatic N) is 1. The van der Waals surface area contributed by atoms with Crippen LogP contribution in [0.2, 0.25) is 0 Å². The minimum Gasteiger partial charge on any atom is -0.478 e. The molecule has 0 atom stereocenters. The van der Waals surface area contributed by atoms with Crippen LogP contribution < -0.4 is 4.90 Å². The Hall–Kier alpha value is -0.550. The van der Waals surface area contributed by atoms with E-state index in [1.165, 1.54) is 0 Å². The summed E-state index contributed by atoms with van der Waals surface area (Å²) in [5.41, 5.74) is 1.13. The third-order valence-corrected chi connectivity index (χ3v) is 3.70. The van der Waals surface area contributed by atoms with Gasteiger partial charge in [0.1, 0.15) is 0 Å². The lowest BCUT2D eigenvalue weighted by Crippen LogP contribution is -2.46. The van der Waals surface area contributed by atoms with Gasteiger partial charge >= 0.3 is 5.97 Å². The maximum atomic E-state index is 11.2. The number of halogens is 2. The topological polar surface area (TPSA) is 40.5 Å². The number of hydrogen-bond acceptors (Lipinski definition) is 2. The fourth-order valence-corrected chi connectivity index (χ4v) is 3.41. The number of rotatable bonds is 2.